The normalized spacial score (nSPS) is 30.3. The van der Waals surface area contributed by atoms with E-state index in [1.54, 1.807) is 12.1 Å². The van der Waals surface area contributed by atoms with E-state index in [4.69, 9.17) is 0 Å². The number of nitrogens with one attached hydrogen (secondary N) is 2. The lowest BCUT2D eigenvalue weighted by Gasteiger charge is -2.38. The number of Topliss-reactive ketones (excluding diaryl/α,β-unsaturated/α-hetero) is 1. The number of nitrogens with zero attached hydrogens (tertiary/aromatic N) is 1. The molecule has 3 aromatic carbocycles. The van der Waals surface area contributed by atoms with Crippen LogP contribution in [0.3, 0.4) is 0 Å². The lowest BCUT2D eigenvalue weighted by atomic mass is 9.60. The molecule has 2 fully saturated rings. The summed E-state index contributed by atoms with van der Waals surface area (Å²) in [4.78, 5) is 45.1. The van der Waals surface area contributed by atoms with Gasteiger partial charge in [-0.15, -0.1) is 0 Å². The molecule has 2 saturated heterocycles. The van der Waals surface area contributed by atoms with E-state index in [-0.39, 0.29) is 23.6 Å². The molecule has 0 aromatic heterocycles. The highest BCUT2D eigenvalue weighted by Gasteiger charge is 2.78. The van der Waals surface area contributed by atoms with Crippen LogP contribution < -0.4 is 10.6 Å². The standard InChI is InChI=1S/C29H25N3O3/c1-17-13-14-22-20(16-17)29(27(35)31-22)25(24(33)18-8-3-2-4-9-18)28(23-12-7-15-32(23)29)19-10-5-6-11-21(19)30-26(28)34/h2-6,8-11,13-14,16,23,25H,7,12,15H2,1H3,(H,30,34)(H,31,35)/t23-,25+,28-,29+/m0/s1. The second-order valence-corrected chi connectivity index (χ2v) is 10.2. The molecule has 2 amide bonds. The molecular weight excluding hydrogens is 438 g/mol. The molecule has 0 unspecified atom stereocenters. The van der Waals surface area contributed by atoms with Gasteiger partial charge in [-0.2, -0.15) is 0 Å². The number of carbonyl (C=O) groups is 3. The van der Waals surface area contributed by atoms with E-state index >= 15 is 0 Å². The summed E-state index contributed by atoms with van der Waals surface area (Å²) in [6.45, 7) is 2.65. The number of fused-ring (bicyclic) bond motifs is 7. The Morgan fingerprint density at radius 3 is 2.43 bits per heavy atom. The van der Waals surface area contributed by atoms with Crippen LogP contribution in [0.2, 0.25) is 0 Å². The van der Waals surface area contributed by atoms with Gasteiger partial charge < -0.3 is 10.6 Å². The fourth-order valence-corrected chi connectivity index (χ4v) is 7.43. The van der Waals surface area contributed by atoms with Crippen LogP contribution in [0.15, 0.2) is 72.8 Å². The third kappa shape index (κ3) is 2.31. The zero-order chi connectivity index (χ0) is 23.9. The minimum atomic E-state index is -1.26. The highest BCUT2D eigenvalue weighted by Crippen LogP contribution is 2.66. The second kappa shape index (κ2) is 6.89. The molecule has 4 heterocycles. The minimum absolute atomic E-state index is 0.170. The van der Waals surface area contributed by atoms with Crippen molar-refractivity contribution in [2.24, 2.45) is 5.92 Å². The third-order valence-corrected chi connectivity index (χ3v) is 8.60. The molecule has 0 bridgehead atoms. The maximum atomic E-state index is 14.6. The average Bonchev–Trinajstić information content (AvgIpc) is 3.59. The number of ketones is 1. The second-order valence-electron chi connectivity index (χ2n) is 10.2. The summed E-state index contributed by atoms with van der Waals surface area (Å²) in [7, 11) is 0. The molecular formula is C29H25N3O3. The lowest BCUT2D eigenvalue weighted by Crippen LogP contribution is -2.55. The number of anilines is 2. The Morgan fingerprint density at radius 2 is 1.60 bits per heavy atom. The monoisotopic (exact) mass is 463 g/mol. The van der Waals surface area contributed by atoms with Crippen molar-refractivity contribution in [3.8, 4) is 0 Å². The van der Waals surface area contributed by atoms with Crippen LogP contribution in [-0.4, -0.2) is 35.1 Å². The molecule has 6 nitrogen and oxygen atoms in total. The SMILES string of the molecule is Cc1ccc2c(c1)[C@]1(C(=O)N2)[C@H](C(=O)c2ccccc2)[C@@]2(C(=O)Nc3ccccc32)[C@@H]2CCCN21. The summed E-state index contributed by atoms with van der Waals surface area (Å²) in [6, 6.07) is 22.4. The summed E-state index contributed by atoms with van der Waals surface area (Å²) in [6.07, 6.45) is 1.61. The molecule has 4 atom stereocenters. The van der Waals surface area contributed by atoms with Gasteiger partial charge in [-0.3, -0.25) is 19.3 Å². The average molecular weight is 464 g/mol. The van der Waals surface area contributed by atoms with Crippen LogP contribution in [0.1, 0.15) is 39.9 Å². The van der Waals surface area contributed by atoms with Crippen LogP contribution in [-0.2, 0) is 20.5 Å². The van der Waals surface area contributed by atoms with Gasteiger partial charge >= 0.3 is 0 Å². The molecule has 7 rings (SSSR count). The van der Waals surface area contributed by atoms with Gasteiger partial charge in [0.1, 0.15) is 11.0 Å². The van der Waals surface area contributed by atoms with Crippen LogP contribution in [0, 0.1) is 12.8 Å². The highest BCUT2D eigenvalue weighted by molar-refractivity contribution is 6.18. The molecule has 3 aromatic rings. The molecule has 6 heteroatoms. The zero-order valence-electron chi connectivity index (χ0n) is 19.4. The van der Waals surface area contributed by atoms with Gasteiger partial charge in [-0.25, -0.2) is 0 Å². The van der Waals surface area contributed by atoms with E-state index in [2.05, 4.69) is 15.5 Å². The molecule has 0 aliphatic carbocycles. The molecule has 2 N–H and O–H groups in total. The first-order valence-corrected chi connectivity index (χ1v) is 12.2. The topological polar surface area (TPSA) is 78.5 Å². The highest BCUT2D eigenvalue weighted by atomic mass is 16.2. The first-order chi connectivity index (χ1) is 17.0. The predicted octanol–water partition coefficient (Wildman–Crippen LogP) is 4.01. The van der Waals surface area contributed by atoms with E-state index in [1.165, 1.54) is 0 Å². The molecule has 0 radical (unpaired) electrons. The van der Waals surface area contributed by atoms with Crippen LogP contribution in [0.5, 0.6) is 0 Å². The Hall–Kier alpha value is -3.77. The molecule has 2 spiro atoms. The van der Waals surface area contributed by atoms with E-state index in [1.807, 2.05) is 67.6 Å². The molecule has 174 valence electrons. The van der Waals surface area contributed by atoms with E-state index < -0.39 is 16.9 Å². The van der Waals surface area contributed by atoms with Gasteiger partial charge in [-0.1, -0.05) is 66.2 Å². The van der Waals surface area contributed by atoms with Crippen molar-refractivity contribution in [1.82, 2.24) is 4.90 Å². The van der Waals surface area contributed by atoms with Gasteiger partial charge in [0.15, 0.2) is 5.78 Å². The van der Waals surface area contributed by atoms with Crippen molar-refractivity contribution in [2.75, 3.05) is 17.2 Å². The van der Waals surface area contributed by atoms with E-state index in [0.29, 0.717) is 12.1 Å². The first kappa shape index (κ1) is 20.6. The molecule has 4 aliphatic heterocycles. The number of carbonyl (C=O) groups excluding carboxylic acids is 3. The lowest BCUT2D eigenvalue weighted by molar-refractivity contribution is -0.128. The zero-order valence-corrected chi connectivity index (χ0v) is 19.4. The number of aryl methyl sites for hydroxylation is 1. The van der Waals surface area contributed by atoms with Crippen LogP contribution in [0.25, 0.3) is 0 Å². The maximum Gasteiger partial charge on any atom is 0.250 e. The van der Waals surface area contributed by atoms with Gasteiger partial charge in [0, 0.05) is 28.5 Å². The Labute approximate surface area is 203 Å². The van der Waals surface area contributed by atoms with E-state index in [9.17, 15) is 14.4 Å². The van der Waals surface area contributed by atoms with Crippen molar-refractivity contribution in [3.05, 3.63) is 95.1 Å². The molecule has 4 aliphatic rings. The van der Waals surface area contributed by atoms with Crippen LogP contribution >= 0.6 is 0 Å². The van der Waals surface area contributed by atoms with Crippen molar-refractivity contribution in [3.63, 3.8) is 0 Å². The van der Waals surface area contributed by atoms with Crippen molar-refractivity contribution < 1.29 is 14.4 Å². The summed E-state index contributed by atoms with van der Waals surface area (Å²) in [5.41, 5.74) is 2.19. The predicted molar refractivity (Wildman–Crippen MR) is 132 cm³/mol. The fraction of sp³-hybridized carbons (Fsp3) is 0.276. The quantitative estimate of drug-likeness (QED) is 0.563. The number of amides is 2. The molecule has 35 heavy (non-hydrogen) atoms. The smallest absolute Gasteiger partial charge is 0.250 e. The van der Waals surface area contributed by atoms with E-state index in [0.717, 1.165) is 40.9 Å². The van der Waals surface area contributed by atoms with Crippen molar-refractivity contribution >= 4 is 29.0 Å². The number of hydrogen-bond donors (Lipinski definition) is 2. The Kier molecular flexibility index (Phi) is 4.05. The first-order valence-electron chi connectivity index (χ1n) is 12.2. The number of para-hydroxylation sites is 1. The largest absolute Gasteiger partial charge is 0.325 e. The minimum Gasteiger partial charge on any atom is -0.325 e. The Bertz CT molecular complexity index is 1430. The summed E-state index contributed by atoms with van der Waals surface area (Å²) < 4.78 is 0. The van der Waals surface area contributed by atoms with Crippen molar-refractivity contribution in [1.29, 1.82) is 0 Å². The van der Waals surface area contributed by atoms with Gasteiger partial charge in [0.05, 0.1) is 5.92 Å². The Balaban J connectivity index is 1.60. The number of benzene rings is 3. The van der Waals surface area contributed by atoms with Crippen LogP contribution in [0.4, 0.5) is 11.4 Å². The Morgan fingerprint density at radius 1 is 0.886 bits per heavy atom. The maximum absolute atomic E-state index is 14.6. The fourth-order valence-electron chi connectivity index (χ4n) is 7.43. The number of rotatable bonds is 2. The molecule has 0 saturated carbocycles. The van der Waals surface area contributed by atoms with Gasteiger partial charge in [0.25, 0.3) is 0 Å². The van der Waals surface area contributed by atoms with Crippen molar-refractivity contribution in [2.45, 2.75) is 36.8 Å². The summed E-state index contributed by atoms with van der Waals surface area (Å²) >= 11 is 0. The third-order valence-electron chi connectivity index (χ3n) is 8.60. The van der Waals surface area contributed by atoms with Gasteiger partial charge in [-0.05, 0) is 44.0 Å². The summed E-state index contributed by atoms with van der Waals surface area (Å²) in [5, 5.41) is 6.17. The van der Waals surface area contributed by atoms with Gasteiger partial charge in [0.2, 0.25) is 11.8 Å². The summed E-state index contributed by atoms with van der Waals surface area (Å²) in [5.74, 6) is -1.48. The number of hydrogen-bond acceptors (Lipinski definition) is 4.